The number of para-hydroxylation sites is 1. The number of carbonyl (C=O) groups excluding carboxylic acids is 1. The highest BCUT2D eigenvalue weighted by Crippen LogP contribution is 2.19. The number of nitriles is 1. The lowest BCUT2D eigenvalue weighted by atomic mass is 10.1. The molecule has 4 rings (SSSR count). The van der Waals surface area contributed by atoms with E-state index < -0.39 is 0 Å². The van der Waals surface area contributed by atoms with E-state index in [0.29, 0.717) is 22.3 Å². The molecule has 1 amide bonds. The number of amides is 1. The standard InChI is InChI=1S/C26H20N4O3/c1-17-5-4-6-20(13-17)28-24(31)16-33-21-11-9-18(10-12-21)14-19(15-27)25-29-23-8-3-2-7-22(23)26(32)30-25/h2-14H,16H2,1H3,(H,28,31)(H,29,30,32)/b19-14+. The average molecular weight is 436 g/mol. The quantitative estimate of drug-likeness (QED) is 0.438. The fourth-order valence-corrected chi connectivity index (χ4v) is 3.26. The smallest absolute Gasteiger partial charge is 0.262 e. The zero-order valence-electron chi connectivity index (χ0n) is 17.8. The molecule has 0 aliphatic heterocycles. The number of ether oxygens (including phenoxy) is 1. The predicted octanol–water partition coefficient (Wildman–Crippen LogP) is 4.31. The second-order valence-corrected chi connectivity index (χ2v) is 7.38. The van der Waals surface area contributed by atoms with Crippen molar-refractivity contribution in [1.29, 1.82) is 5.26 Å². The topological polar surface area (TPSA) is 108 Å². The summed E-state index contributed by atoms with van der Waals surface area (Å²) in [5, 5.41) is 12.8. The molecule has 4 aromatic rings. The highest BCUT2D eigenvalue weighted by molar-refractivity contribution is 5.92. The van der Waals surface area contributed by atoms with Crippen molar-refractivity contribution in [3.05, 3.63) is 100 Å². The molecule has 0 radical (unpaired) electrons. The van der Waals surface area contributed by atoms with Gasteiger partial charge in [-0.05, 0) is 60.5 Å². The molecular formula is C26H20N4O3. The molecule has 1 aromatic heterocycles. The van der Waals surface area contributed by atoms with Gasteiger partial charge in [-0.2, -0.15) is 5.26 Å². The first-order chi connectivity index (χ1) is 16.0. The van der Waals surface area contributed by atoms with Crippen LogP contribution in [-0.2, 0) is 4.79 Å². The molecule has 0 unspecified atom stereocenters. The summed E-state index contributed by atoms with van der Waals surface area (Å²) >= 11 is 0. The first-order valence-electron chi connectivity index (χ1n) is 10.2. The summed E-state index contributed by atoms with van der Waals surface area (Å²) in [6, 6.07) is 23.5. The molecule has 0 aliphatic carbocycles. The minimum Gasteiger partial charge on any atom is -0.484 e. The van der Waals surface area contributed by atoms with Crippen LogP contribution in [0.15, 0.2) is 77.6 Å². The molecule has 0 fully saturated rings. The average Bonchev–Trinajstić information content (AvgIpc) is 2.82. The van der Waals surface area contributed by atoms with Crippen LogP contribution in [-0.4, -0.2) is 22.5 Å². The number of nitrogens with one attached hydrogen (secondary N) is 2. The second-order valence-electron chi connectivity index (χ2n) is 7.38. The number of nitrogens with zero attached hydrogens (tertiary/aromatic N) is 2. The Labute approximate surface area is 190 Å². The Morgan fingerprint density at radius 2 is 1.91 bits per heavy atom. The van der Waals surface area contributed by atoms with Crippen LogP contribution in [0.3, 0.4) is 0 Å². The van der Waals surface area contributed by atoms with Gasteiger partial charge in [-0.1, -0.05) is 36.4 Å². The number of hydrogen-bond donors (Lipinski definition) is 2. The summed E-state index contributed by atoms with van der Waals surface area (Å²) in [6.45, 7) is 1.82. The van der Waals surface area contributed by atoms with Gasteiger partial charge in [-0.3, -0.25) is 9.59 Å². The van der Waals surface area contributed by atoms with E-state index in [0.717, 1.165) is 11.1 Å². The van der Waals surface area contributed by atoms with E-state index in [1.54, 1.807) is 54.6 Å². The Hall–Kier alpha value is -4.70. The van der Waals surface area contributed by atoms with Crippen LogP contribution < -0.4 is 15.6 Å². The van der Waals surface area contributed by atoms with Gasteiger partial charge in [0.15, 0.2) is 12.4 Å². The van der Waals surface area contributed by atoms with Crippen molar-refractivity contribution in [2.24, 2.45) is 0 Å². The minimum absolute atomic E-state index is 0.130. The van der Waals surface area contributed by atoms with E-state index >= 15 is 0 Å². The summed E-state index contributed by atoms with van der Waals surface area (Å²) < 4.78 is 5.55. The number of fused-ring (bicyclic) bond motifs is 1. The van der Waals surface area contributed by atoms with Gasteiger partial charge in [0.1, 0.15) is 11.8 Å². The van der Waals surface area contributed by atoms with Crippen LogP contribution in [0, 0.1) is 18.3 Å². The Morgan fingerprint density at radius 1 is 1.12 bits per heavy atom. The first kappa shape index (κ1) is 21.5. The molecule has 0 aliphatic rings. The van der Waals surface area contributed by atoms with Crippen molar-refractivity contribution in [3.8, 4) is 11.8 Å². The van der Waals surface area contributed by atoms with Crippen molar-refractivity contribution in [3.63, 3.8) is 0 Å². The van der Waals surface area contributed by atoms with Crippen LogP contribution in [0.25, 0.3) is 22.6 Å². The molecule has 2 N–H and O–H groups in total. The molecule has 3 aromatic carbocycles. The van der Waals surface area contributed by atoms with Crippen molar-refractivity contribution in [1.82, 2.24) is 9.97 Å². The van der Waals surface area contributed by atoms with E-state index in [-0.39, 0.29) is 29.5 Å². The summed E-state index contributed by atoms with van der Waals surface area (Å²) in [6.07, 6.45) is 1.63. The number of aromatic nitrogens is 2. The molecule has 0 saturated heterocycles. The molecule has 7 nitrogen and oxygen atoms in total. The van der Waals surface area contributed by atoms with Gasteiger partial charge in [-0.25, -0.2) is 4.98 Å². The van der Waals surface area contributed by atoms with Gasteiger partial charge in [0.2, 0.25) is 0 Å². The summed E-state index contributed by atoms with van der Waals surface area (Å²) in [5.41, 5.74) is 2.93. The van der Waals surface area contributed by atoms with Crippen LogP contribution in [0.2, 0.25) is 0 Å². The number of aromatic amines is 1. The van der Waals surface area contributed by atoms with Gasteiger partial charge in [0.05, 0.1) is 16.5 Å². The summed E-state index contributed by atoms with van der Waals surface area (Å²) in [5.74, 6) is 0.458. The lowest BCUT2D eigenvalue weighted by Gasteiger charge is -2.08. The third-order valence-electron chi connectivity index (χ3n) is 4.85. The fraction of sp³-hybridized carbons (Fsp3) is 0.0769. The van der Waals surface area contributed by atoms with Crippen molar-refractivity contribution >= 4 is 34.1 Å². The second kappa shape index (κ2) is 9.62. The number of aryl methyl sites for hydroxylation is 1. The third kappa shape index (κ3) is 5.32. The highest BCUT2D eigenvalue weighted by Gasteiger charge is 2.09. The molecule has 162 valence electrons. The minimum atomic E-state index is -0.301. The molecule has 0 spiro atoms. The van der Waals surface area contributed by atoms with Crippen LogP contribution in [0.5, 0.6) is 5.75 Å². The fourth-order valence-electron chi connectivity index (χ4n) is 3.26. The zero-order chi connectivity index (χ0) is 23.2. The number of carbonyl (C=O) groups is 1. The highest BCUT2D eigenvalue weighted by atomic mass is 16.5. The number of rotatable bonds is 6. The van der Waals surface area contributed by atoms with Crippen molar-refractivity contribution < 1.29 is 9.53 Å². The van der Waals surface area contributed by atoms with E-state index in [9.17, 15) is 14.9 Å². The van der Waals surface area contributed by atoms with Crippen LogP contribution in [0.4, 0.5) is 5.69 Å². The number of anilines is 1. The lowest BCUT2D eigenvalue weighted by Crippen LogP contribution is -2.20. The first-order valence-corrected chi connectivity index (χ1v) is 10.2. The van der Waals surface area contributed by atoms with Gasteiger partial charge in [-0.15, -0.1) is 0 Å². The van der Waals surface area contributed by atoms with E-state index in [1.165, 1.54) is 0 Å². The largest absolute Gasteiger partial charge is 0.484 e. The maximum absolute atomic E-state index is 12.3. The van der Waals surface area contributed by atoms with E-state index in [1.807, 2.05) is 31.2 Å². The maximum Gasteiger partial charge on any atom is 0.262 e. The SMILES string of the molecule is Cc1cccc(NC(=O)COc2ccc(/C=C(\C#N)c3nc4ccccc4c(=O)[nH]3)cc2)c1. The zero-order valence-corrected chi connectivity index (χ0v) is 17.8. The monoisotopic (exact) mass is 436 g/mol. The van der Waals surface area contributed by atoms with Gasteiger partial charge < -0.3 is 15.0 Å². The molecule has 7 heteroatoms. The normalized spacial score (nSPS) is 11.1. The predicted molar refractivity (Wildman–Crippen MR) is 128 cm³/mol. The molecule has 0 saturated carbocycles. The Morgan fingerprint density at radius 3 is 2.67 bits per heavy atom. The van der Waals surface area contributed by atoms with Gasteiger partial charge >= 0.3 is 0 Å². The number of H-pyrrole nitrogens is 1. The van der Waals surface area contributed by atoms with E-state index in [2.05, 4.69) is 21.4 Å². The Bertz CT molecular complexity index is 1450. The summed E-state index contributed by atoms with van der Waals surface area (Å²) in [4.78, 5) is 31.5. The van der Waals surface area contributed by atoms with Crippen molar-refractivity contribution in [2.75, 3.05) is 11.9 Å². The lowest BCUT2D eigenvalue weighted by molar-refractivity contribution is -0.118. The Balaban J connectivity index is 1.44. The summed E-state index contributed by atoms with van der Waals surface area (Å²) in [7, 11) is 0. The van der Waals surface area contributed by atoms with Crippen LogP contribution >= 0.6 is 0 Å². The van der Waals surface area contributed by atoms with Crippen LogP contribution in [0.1, 0.15) is 17.0 Å². The third-order valence-corrected chi connectivity index (χ3v) is 4.85. The molecule has 0 atom stereocenters. The molecule has 33 heavy (non-hydrogen) atoms. The van der Waals surface area contributed by atoms with Gasteiger partial charge in [0, 0.05) is 5.69 Å². The maximum atomic E-state index is 12.3. The number of allylic oxidation sites excluding steroid dienone is 1. The number of hydrogen-bond acceptors (Lipinski definition) is 5. The number of benzene rings is 3. The molecular weight excluding hydrogens is 416 g/mol. The molecule has 1 heterocycles. The van der Waals surface area contributed by atoms with Gasteiger partial charge in [0.25, 0.3) is 11.5 Å². The van der Waals surface area contributed by atoms with E-state index in [4.69, 9.17) is 4.74 Å². The van der Waals surface area contributed by atoms with Crippen molar-refractivity contribution in [2.45, 2.75) is 6.92 Å². The molecule has 0 bridgehead atoms. The Kier molecular flexibility index (Phi) is 6.28.